The summed E-state index contributed by atoms with van der Waals surface area (Å²) in [5.41, 5.74) is 3.09. The van der Waals surface area contributed by atoms with Crippen molar-refractivity contribution in [3.63, 3.8) is 0 Å². The van der Waals surface area contributed by atoms with Crippen LogP contribution in [0.4, 0.5) is 0 Å². The van der Waals surface area contributed by atoms with Crippen LogP contribution in [0.15, 0.2) is 42.5 Å². The molecule has 4 heteroatoms. The van der Waals surface area contributed by atoms with E-state index in [2.05, 4.69) is 96.0 Å². The highest BCUT2D eigenvalue weighted by atomic mass is 28.4. The lowest BCUT2D eigenvalue weighted by atomic mass is 9.99. The summed E-state index contributed by atoms with van der Waals surface area (Å²) in [6, 6.07) is 15.0. The normalized spacial score (nSPS) is 17.2. The summed E-state index contributed by atoms with van der Waals surface area (Å²) in [5.74, 6) is 2.90. The number of para-hydroxylation sites is 1. The zero-order valence-electron chi connectivity index (χ0n) is 17.4. The molecule has 2 nitrogen and oxygen atoms in total. The molecular weight excluding hydrogens is 352 g/mol. The highest BCUT2D eigenvalue weighted by molar-refractivity contribution is 6.78. The van der Waals surface area contributed by atoms with Gasteiger partial charge in [-0.2, -0.15) is 0 Å². The Morgan fingerprint density at radius 2 is 1.46 bits per heavy atom. The molecule has 0 saturated carbocycles. The Morgan fingerprint density at radius 3 is 2.08 bits per heavy atom. The minimum absolute atomic E-state index is 0.178. The summed E-state index contributed by atoms with van der Waals surface area (Å²) in [5, 5.41) is 0.178. The predicted octanol–water partition coefficient (Wildman–Crippen LogP) is 7.19. The molecular formula is C22H32O2Si2. The second-order valence-electron chi connectivity index (χ2n) is 10.0. The van der Waals surface area contributed by atoms with Crippen LogP contribution in [0.2, 0.25) is 37.8 Å². The lowest BCUT2D eigenvalue weighted by Gasteiger charge is -2.38. The number of ether oxygens (including phenoxy) is 1. The quantitative estimate of drug-likeness (QED) is 0.521. The predicted molar refractivity (Wildman–Crippen MR) is 116 cm³/mol. The lowest BCUT2D eigenvalue weighted by Crippen LogP contribution is -2.43. The number of rotatable bonds is 3. The van der Waals surface area contributed by atoms with Gasteiger partial charge in [0.25, 0.3) is 0 Å². The SMILES string of the molecule is CC(C)(C)[Si](C)(C)Oc1ccc2c(c1)Oc1ccccc1C2[Si](C)(C)C. The maximum Gasteiger partial charge on any atom is 0.250 e. The second kappa shape index (κ2) is 6.27. The van der Waals surface area contributed by atoms with Crippen LogP contribution in [0.1, 0.15) is 37.4 Å². The van der Waals surface area contributed by atoms with Crippen molar-refractivity contribution in [1.82, 2.24) is 0 Å². The van der Waals surface area contributed by atoms with E-state index in [1.165, 1.54) is 11.1 Å². The fraction of sp³-hybridized carbons (Fsp3) is 0.455. The summed E-state index contributed by atoms with van der Waals surface area (Å²) < 4.78 is 12.8. The number of benzene rings is 2. The second-order valence-corrected chi connectivity index (χ2v) is 20.0. The van der Waals surface area contributed by atoms with Crippen molar-refractivity contribution >= 4 is 16.4 Å². The van der Waals surface area contributed by atoms with E-state index in [0.717, 1.165) is 17.2 Å². The molecule has 2 aromatic rings. The molecule has 26 heavy (non-hydrogen) atoms. The molecule has 2 aromatic carbocycles. The molecule has 0 N–H and O–H groups in total. The first-order valence-electron chi connectivity index (χ1n) is 9.50. The fourth-order valence-corrected chi connectivity index (χ4v) is 6.75. The average Bonchev–Trinajstić information content (AvgIpc) is 2.49. The number of fused-ring (bicyclic) bond motifs is 2. The van der Waals surface area contributed by atoms with E-state index in [1.54, 1.807) is 0 Å². The van der Waals surface area contributed by atoms with E-state index in [4.69, 9.17) is 9.16 Å². The number of hydrogen-bond acceptors (Lipinski definition) is 2. The van der Waals surface area contributed by atoms with E-state index < -0.39 is 16.4 Å². The first kappa shape index (κ1) is 19.2. The van der Waals surface area contributed by atoms with Crippen molar-refractivity contribution < 1.29 is 9.16 Å². The Morgan fingerprint density at radius 1 is 0.846 bits per heavy atom. The van der Waals surface area contributed by atoms with E-state index in [9.17, 15) is 0 Å². The summed E-state index contributed by atoms with van der Waals surface area (Å²) in [6.07, 6.45) is 0. The van der Waals surface area contributed by atoms with Gasteiger partial charge in [0.15, 0.2) is 0 Å². The summed E-state index contributed by atoms with van der Waals surface area (Å²) in [4.78, 5) is 0. The molecule has 0 amide bonds. The van der Waals surface area contributed by atoms with Gasteiger partial charge in [-0.1, -0.05) is 64.7 Å². The summed E-state index contributed by atoms with van der Waals surface area (Å²) in [7, 11) is -3.33. The van der Waals surface area contributed by atoms with Crippen molar-refractivity contribution in [1.29, 1.82) is 0 Å². The van der Waals surface area contributed by atoms with Gasteiger partial charge in [0, 0.05) is 11.6 Å². The van der Waals surface area contributed by atoms with E-state index >= 15 is 0 Å². The topological polar surface area (TPSA) is 18.5 Å². The van der Waals surface area contributed by atoms with Crippen molar-refractivity contribution in [2.24, 2.45) is 0 Å². The third-order valence-corrected chi connectivity index (χ3v) is 12.5. The van der Waals surface area contributed by atoms with Crippen molar-refractivity contribution in [3.8, 4) is 17.2 Å². The first-order valence-corrected chi connectivity index (χ1v) is 16.0. The molecule has 1 unspecified atom stereocenters. The van der Waals surface area contributed by atoms with Crippen LogP contribution in [0.25, 0.3) is 0 Å². The summed E-state index contributed by atoms with van der Waals surface area (Å²) in [6.45, 7) is 18.7. The van der Waals surface area contributed by atoms with Gasteiger partial charge < -0.3 is 9.16 Å². The van der Waals surface area contributed by atoms with Gasteiger partial charge in [0.05, 0.1) is 8.07 Å². The van der Waals surface area contributed by atoms with Crippen LogP contribution >= 0.6 is 0 Å². The molecule has 0 spiro atoms. The van der Waals surface area contributed by atoms with Crippen LogP contribution in [0, 0.1) is 0 Å². The van der Waals surface area contributed by atoms with Crippen molar-refractivity contribution in [2.45, 2.75) is 64.1 Å². The highest BCUT2D eigenvalue weighted by Gasteiger charge is 2.40. The van der Waals surface area contributed by atoms with Gasteiger partial charge >= 0.3 is 0 Å². The molecule has 0 aromatic heterocycles. The van der Waals surface area contributed by atoms with Gasteiger partial charge in [-0.05, 0) is 41.4 Å². The van der Waals surface area contributed by atoms with E-state index in [0.29, 0.717) is 5.54 Å². The summed E-state index contributed by atoms with van der Waals surface area (Å²) >= 11 is 0. The molecule has 1 aliphatic heterocycles. The van der Waals surface area contributed by atoms with Gasteiger partial charge in [-0.15, -0.1) is 0 Å². The minimum atomic E-state index is -1.86. The Kier molecular flexibility index (Phi) is 4.64. The molecule has 0 radical (unpaired) electrons. The van der Waals surface area contributed by atoms with Gasteiger partial charge in [0.2, 0.25) is 8.32 Å². The molecule has 0 fully saturated rings. The highest BCUT2D eigenvalue weighted by Crippen LogP contribution is 2.49. The van der Waals surface area contributed by atoms with Crippen LogP contribution in [-0.2, 0) is 0 Å². The molecule has 0 saturated heterocycles. The standard InChI is InChI=1S/C22H32O2Si2/c1-22(2,3)26(7,8)24-16-13-14-18-20(15-16)23-19-12-10-9-11-17(19)21(18)25(4,5)6/h9-15,21H,1-8H3. The molecule has 3 rings (SSSR count). The van der Waals surface area contributed by atoms with Crippen LogP contribution in [0.5, 0.6) is 17.2 Å². The zero-order chi connectivity index (χ0) is 19.3. The molecule has 1 aliphatic rings. The van der Waals surface area contributed by atoms with Gasteiger partial charge in [-0.3, -0.25) is 0 Å². The average molecular weight is 385 g/mol. The lowest BCUT2D eigenvalue weighted by molar-refractivity contribution is 0.447. The van der Waals surface area contributed by atoms with Crippen LogP contribution in [0.3, 0.4) is 0 Å². The molecule has 140 valence electrons. The fourth-order valence-electron chi connectivity index (χ4n) is 3.38. The van der Waals surface area contributed by atoms with Crippen molar-refractivity contribution in [2.75, 3.05) is 0 Å². The first-order chi connectivity index (χ1) is 11.9. The van der Waals surface area contributed by atoms with Crippen molar-refractivity contribution in [3.05, 3.63) is 53.6 Å². The van der Waals surface area contributed by atoms with Crippen LogP contribution in [-0.4, -0.2) is 16.4 Å². The Labute approximate surface area is 160 Å². The third-order valence-electron chi connectivity index (χ3n) is 5.79. The zero-order valence-corrected chi connectivity index (χ0v) is 19.4. The minimum Gasteiger partial charge on any atom is -0.543 e. The Bertz CT molecular complexity index is 814. The molecule has 0 aliphatic carbocycles. The van der Waals surface area contributed by atoms with Crippen LogP contribution < -0.4 is 9.16 Å². The molecule has 1 atom stereocenters. The van der Waals surface area contributed by atoms with Gasteiger partial charge in [-0.25, -0.2) is 0 Å². The van der Waals surface area contributed by atoms with Gasteiger partial charge in [0.1, 0.15) is 17.2 Å². The maximum atomic E-state index is 6.51. The smallest absolute Gasteiger partial charge is 0.250 e. The van der Waals surface area contributed by atoms with E-state index in [-0.39, 0.29) is 5.04 Å². The molecule has 0 bridgehead atoms. The third kappa shape index (κ3) is 3.49. The maximum absolute atomic E-state index is 6.51. The largest absolute Gasteiger partial charge is 0.543 e. The monoisotopic (exact) mass is 384 g/mol. The molecule has 1 heterocycles. The van der Waals surface area contributed by atoms with E-state index in [1.807, 2.05) is 0 Å². The number of hydrogen-bond donors (Lipinski definition) is 0. The Balaban J connectivity index is 2.03. The Hall–Kier alpha value is -1.53.